The van der Waals surface area contributed by atoms with Crippen molar-refractivity contribution in [2.24, 2.45) is 0 Å². The van der Waals surface area contributed by atoms with Gasteiger partial charge in [-0.05, 0) is 87.0 Å². The van der Waals surface area contributed by atoms with Crippen LogP contribution in [0.25, 0.3) is 0 Å². The van der Waals surface area contributed by atoms with Crippen LogP contribution in [0.3, 0.4) is 0 Å². The molecule has 0 aromatic heterocycles. The quantitative estimate of drug-likeness (QED) is 0.335. The van der Waals surface area contributed by atoms with Crippen LogP contribution >= 0.6 is 15.9 Å². The van der Waals surface area contributed by atoms with Crippen molar-refractivity contribution in [2.75, 3.05) is 18.0 Å². The molecule has 0 aliphatic heterocycles. The maximum Gasteiger partial charge on any atom is 0.264 e. The topological polar surface area (TPSA) is 96.0 Å². The molecule has 0 bridgehead atoms. The Balaban J connectivity index is 2.02. The van der Waals surface area contributed by atoms with Crippen LogP contribution in [-0.4, -0.2) is 50.9 Å². The Labute approximate surface area is 236 Å². The third-order valence-electron chi connectivity index (χ3n) is 5.91. The zero-order chi connectivity index (χ0) is 28.7. The molecule has 0 heterocycles. The molecule has 0 saturated carbocycles. The van der Waals surface area contributed by atoms with Gasteiger partial charge < -0.3 is 15.0 Å². The van der Waals surface area contributed by atoms with Crippen LogP contribution in [0.5, 0.6) is 5.75 Å². The minimum atomic E-state index is -4.26. The molecule has 3 rings (SSSR count). The van der Waals surface area contributed by atoms with Crippen molar-refractivity contribution in [2.45, 2.75) is 44.3 Å². The van der Waals surface area contributed by atoms with Crippen LogP contribution in [-0.2, 0) is 26.2 Å². The predicted molar refractivity (Wildman–Crippen MR) is 151 cm³/mol. The van der Waals surface area contributed by atoms with Gasteiger partial charge in [-0.15, -0.1) is 0 Å². The first-order valence-corrected chi connectivity index (χ1v) is 14.4. The van der Waals surface area contributed by atoms with Crippen LogP contribution in [0.4, 0.5) is 10.1 Å². The standard InChI is InChI=1S/C28H31BrFN3O5S/c1-19(2)31-28(35)20(3)32(17-21-5-7-22(29)8-6-21)27(34)18-33(24-11-9-23(30)10-12-24)39(36,37)26-15-13-25(38-4)14-16-26/h5-16,19-20H,17-18H2,1-4H3,(H,31,35). The summed E-state index contributed by atoms with van der Waals surface area (Å²) in [6.45, 7) is 4.66. The third-order valence-corrected chi connectivity index (χ3v) is 8.22. The Hall–Kier alpha value is -3.44. The van der Waals surface area contributed by atoms with E-state index in [1.54, 1.807) is 6.92 Å². The molecule has 3 aromatic carbocycles. The Morgan fingerprint density at radius 3 is 2.08 bits per heavy atom. The molecular formula is C28H31BrFN3O5S. The summed E-state index contributed by atoms with van der Waals surface area (Å²) in [4.78, 5) is 28.0. The first kappa shape index (κ1) is 30.1. The zero-order valence-corrected chi connectivity index (χ0v) is 24.5. The largest absolute Gasteiger partial charge is 0.497 e. The molecule has 39 heavy (non-hydrogen) atoms. The number of rotatable bonds is 11. The number of anilines is 1. The van der Waals surface area contributed by atoms with Crippen molar-refractivity contribution in [3.05, 3.63) is 88.6 Å². The number of hydrogen-bond donors (Lipinski definition) is 1. The minimum absolute atomic E-state index is 0.0681. The number of carbonyl (C=O) groups excluding carboxylic acids is 2. The first-order valence-electron chi connectivity index (χ1n) is 12.2. The molecule has 1 N–H and O–H groups in total. The molecule has 208 valence electrons. The van der Waals surface area contributed by atoms with Crippen molar-refractivity contribution in [3.8, 4) is 5.75 Å². The van der Waals surface area contributed by atoms with Crippen LogP contribution in [0.15, 0.2) is 82.2 Å². The predicted octanol–water partition coefficient (Wildman–Crippen LogP) is 4.73. The lowest BCUT2D eigenvalue weighted by molar-refractivity contribution is -0.139. The molecule has 0 fully saturated rings. The SMILES string of the molecule is COc1ccc(S(=O)(=O)N(CC(=O)N(Cc2ccc(Br)cc2)C(C)C(=O)NC(C)C)c2ccc(F)cc2)cc1. The van der Waals surface area contributed by atoms with Gasteiger partial charge >= 0.3 is 0 Å². The fraction of sp³-hybridized carbons (Fsp3) is 0.286. The molecular weight excluding hydrogens is 589 g/mol. The van der Waals surface area contributed by atoms with Gasteiger partial charge in [0.1, 0.15) is 24.2 Å². The van der Waals surface area contributed by atoms with Crippen molar-refractivity contribution in [3.63, 3.8) is 0 Å². The van der Waals surface area contributed by atoms with E-state index < -0.39 is 34.3 Å². The van der Waals surface area contributed by atoms with Crippen LogP contribution in [0.2, 0.25) is 0 Å². The van der Waals surface area contributed by atoms with E-state index in [-0.39, 0.29) is 29.1 Å². The fourth-order valence-electron chi connectivity index (χ4n) is 3.79. The van der Waals surface area contributed by atoms with Crippen LogP contribution < -0.4 is 14.4 Å². The number of methoxy groups -OCH3 is 1. The molecule has 0 aliphatic carbocycles. The van der Waals surface area contributed by atoms with E-state index in [4.69, 9.17) is 4.74 Å². The molecule has 2 amide bonds. The summed E-state index contributed by atoms with van der Waals surface area (Å²) in [5, 5.41) is 2.81. The van der Waals surface area contributed by atoms with E-state index >= 15 is 0 Å². The third kappa shape index (κ3) is 7.79. The molecule has 1 atom stereocenters. The first-order chi connectivity index (χ1) is 18.4. The van der Waals surface area contributed by atoms with Gasteiger partial charge in [-0.2, -0.15) is 0 Å². The normalized spacial score (nSPS) is 12.1. The van der Waals surface area contributed by atoms with Gasteiger partial charge in [-0.25, -0.2) is 12.8 Å². The second-order valence-corrected chi connectivity index (χ2v) is 11.9. The Bertz CT molecular complexity index is 1380. The molecule has 8 nitrogen and oxygen atoms in total. The average Bonchev–Trinajstić information content (AvgIpc) is 2.91. The average molecular weight is 621 g/mol. The molecule has 0 saturated heterocycles. The summed E-state index contributed by atoms with van der Waals surface area (Å²) in [5.41, 5.74) is 0.852. The summed E-state index contributed by atoms with van der Waals surface area (Å²) >= 11 is 3.38. The van der Waals surface area contributed by atoms with Crippen molar-refractivity contribution < 1.29 is 27.1 Å². The number of carbonyl (C=O) groups is 2. The molecule has 11 heteroatoms. The maximum atomic E-state index is 13.8. The van der Waals surface area contributed by atoms with Crippen LogP contribution in [0, 0.1) is 5.82 Å². The highest BCUT2D eigenvalue weighted by atomic mass is 79.9. The second kappa shape index (κ2) is 13.1. The fourth-order valence-corrected chi connectivity index (χ4v) is 5.46. The van der Waals surface area contributed by atoms with Gasteiger partial charge in [0.15, 0.2) is 0 Å². The zero-order valence-electron chi connectivity index (χ0n) is 22.1. The van der Waals surface area contributed by atoms with Crippen molar-refractivity contribution in [1.29, 1.82) is 0 Å². The highest BCUT2D eigenvalue weighted by Gasteiger charge is 2.32. The minimum Gasteiger partial charge on any atom is -0.497 e. The van der Waals surface area contributed by atoms with E-state index in [1.165, 1.54) is 48.4 Å². The number of amides is 2. The summed E-state index contributed by atoms with van der Waals surface area (Å²) in [6.07, 6.45) is 0. The molecule has 1 unspecified atom stereocenters. The molecule has 3 aromatic rings. The number of nitrogens with one attached hydrogen (secondary N) is 1. The highest BCUT2D eigenvalue weighted by molar-refractivity contribution is 9.10. The van der Waals surface area contributed by atoms with Crippen molar-refractivity contribution in [1.82, 2.24) is 10.2 Å². The van der Waals surface area contributed by atoms with Gasteiger partial charge in [-0.1, -0.05) is 28.1 Å². The van der Waals surface area contributed by atoms with Gasteiger partial charge in [0.25, 0.3) is 10.0 Å². The number of ether oxygens (including phenoxy) is 1. The lowest BCUT2D eigenvalue weighted by Gasteiger charge is -2.32. The second-order valence-electron chi connectivity index (χ2n) is 9.15. The summed E-state index contributed by atoms with van der Waals surface area (Å²) in [7, 11) is -2.80. The van der Waals surface area contributed by atoms with E-state index in [9.17, 15) is 22.4 Å². The summed E-state index contributed by atoms with van der Waals surface area (Å²) < 4.78 is 48.1. The molecule has 0 aliphatic rings. The van der Waals surface area contributed by atoms with Gasteiger partial charge in [0.05, 0.1) is 17.7 Å². The maximum absolute atomic E-state index is 13.8. The number of hydrogen-bond acceptors (Lipinski definition) is 5. The van der Waals surface area contributed by atoms with Gasteiger partial charge in [0.2, 0.25) is 11.8 Å². The number of sulfonamides is 1. The van der Waals surface area contributed by atoms with E-state index in [2.05, 4.69) is 21.2 Å². The molecule has 0 radical (unpaired) electrons. The summed E-state index contributed by atoms with van der Waals surface area (Å²) in [5.74, 6) is -1.07. The van der Waals surface area contributed by atoms with Gasteiger partial charge in [0, 0.05) is 17.1 Å². The van der Waals surface area contributed by atoms with E-state index in [1.807, 2.05) is 38.1 Å². The van der Waals surface area contributed by atoms with Crippen molar-refractivity contribution >= 4 is 43.5 Å². The number of halogens is 2. The summed E-state index contributed by atoms with van der Waals surface area (Å²) in [6, 6.07) is 16.7. The van der Waals surface area contributed by atoms with E-state index in [0.29, 0.717) is 5.75 Å². The lowest BCUT2D eigenvalue weighted by Crippen LogP contribution is -2.52. The monoisotopic (exact) mass is 619 g/mol. The number of nitrogens with zero attached hydrogens (tertiary/aromatic N) is 2. The van der Waals surface area contributed by atoms with E-state index in [0.717, 1.165) is 26.5 Å². The number of benzene rings is 3. The highest BCUT2D eigenvalue weighted by Crippen LogP contribution is 2.26. The molecule has 0 spiro atoms. The Kier molecular flexibility index (Phi) is 10.1. The smallest absolute Gasteiger partial charge is 0.264 e. The van der Waals surface area contributed by atoms with Gasteiger partial charge in [-0.3, -0.25) is 13.9 Å². The van der Waals surface area contributed by atoms with Crippen LogP contribution in [0.1, 0.15) is 26.3 Å². The Morgan fingerprint density at radius 1 is 0.949 bits per heavy atom. The Morgan fingerprint density at radius 2 is 1.54 bits per heavy atom. The lowest BCUT2D eigenvalue weighted by atomic mass is 10.1.